The van der Waals surface area contributed by atoms with Gasteiger partial charge in [0.25, 0.3) is 5.91 Å². The summed E-state index contributed by atoms with van der Waals surface area (Å²) in [6.45, 7) is 1.75. The highest BCUT2D eigenvalue weighted by molar-refractivity contribution is 6.31. The summed E-state index contributed by atoms with van der Waals surface area (Å²) >= 11 is 5.61. The molecule has 21 heavy (non-hydrogen) atoms. The molecule has 0 aromatic heterocycles. The first-order chi connectivity index (χ1) is 9.88. The van der Waals surface area contributed by atoms with E-state index in [1.54, 1.807) is 13.0 Å². The molecule has 4 nitrogen and oxygen atoms in total. The number of hydrogen-bond donors (Lipinski definition) is 2. The third kappa shape index (κ3) is 3.38. The number of carbonyl (C=O) groups excluding carboxylic acids is 1. The molecule has 0 aliphatic carbocycles. The van der Waals surface area contributed by atoms with Crippen molar-refractivity contribution < 1.29 is 19.1 Å². The third-order valence-electron chi connectivity index (χ3n) is 2.84. The summed E-state index contributed by atoms with van der Waals surface area (Å²) in [5, 5.41) is 11.4. The van der Waals surface area contributed by atoms with Crippen molar-refractivity contribution in [3.63, 3.8) is 0 Å². The van der Waals surface area contributed by atoms with Gasteiger partial charge in [-0.1, -0.05) is 23.2 Å². The average Bonchev–Trinajstić information content (AvgIpc) is 2.43. The van der Waals surface area contributed by atoms with E-state index >= 15 is 0 Å². The minimum Gasteiger partial charge on any atom is -0.478 e. The van der Waals surface area contributed by atoms with Crippen LogP contribution in [0.1, 0.15) is 26.3 Å². The minimum absolute atomic E-state index is 0.0171. The summed E-state index contributed by atoms with van der Waals surface area (Å²) in [4.78, 5) is 23.2. The minimum atomic E-state index is -1.15. The van der Waals surface area contributed by atoms with Gasteiger partial charge in [-0.25, -0.2) is 9.18 Å². The van der Waals surface area contributed by atoms with Gasteiger partial charge >= 0.3 is 5.97 Å². The molecule has 0 radical (unpaired) electrons. The topological polar surface area (TPSA) is 66.4 Å². The highest BCUT2D eigenvalue weighted by atomic mass is 35.5. The Morgan fingerprint density at radius 1 is 1.19 bits per heavy atom. The zero-order chi connectivity index (χ0) is 15.6. The van der Waals surface area contributed by atoms with Crippen LogP contribution >= 0.6 is 11.6 Å². The molecule has 2 N–H and O–H groups in total. The number of halogens is 2. The van der Waals surface area contributed by atoms with Crippen LogP contribution in [-0.4, -0.2) is 17.0 Å². The number of carboxylic acids is 1. The molecule has 108 valence electrons. The maximum atomic E-state index is 13.1. The molecule has 0 aliphatic rings. The van der Waals surface area contributed by atoms with Gasteiger partial charge in [0.1, 0.15) is 5.82 Å². The number of aromatic carboxylic acids is 1. The number of benzene rings is 2. The molecule has 0 aliphatic heterocycles. The highest BCUT2D eigenvalue weighted by Gasteiger charge is 2.14. The quantitative estimate of drug-likeness (QED) is 0.907. The molecule has 0 saturated heterocycles. The molecule has 0 spiro atoms. The lowest BCUT2D eigenvalue weighted by atomic mass is 10.1. The molecule has 0 saturated carbocycles. The first kappa shape index (κ1) is 15.0. The number of anilines is 1. The van der Waals surface area contributed by atoms with E-state index < -0.39 is 17.7 Å². The van der Waals surface area contributed by atoms with E-state index in [0.717, 1.165) is 11.6 Å². The maximum absolute atomic E-state index is 13.1. The van der Waals surface area contributed by atoms with Gasteiger partial charge in [0.2, 0.25) is 0 Å². The van der Waals surface area contributed by atoms with Crippen molar-refractivity contribution in [3.8, 4) is 0 Å². The second-order valence-electron chi connectivity index (χ2n) is 4.44. The van der Waals surface area contributed by atoms with Crippen molar-refractivity contribution in [3.05, 3.63) is 63.9 Å². The van der Waals surface area contributed by atoms with Crippen molar-refractivity contribution in [1.29, 1.82) is 0 Å². The predicted molar refractivity (Wildman–Crippen MR) is 77.5 cm³/mol. The Morgan fingerprint density at radius 3 is 2.52 bits per heavy atom. The number of rotatable bonds is 3. The lowest BCUT2D eigenvalue weighted by Gasteiger charge is -2.09. The summed E-state index contributed by atoms with van der Waals surface area (Å²) in [5.74, 6) is -2.34. The summed E-state index contributed by atoms with van der Waals surface area (Å²) < 4.78 is 13.1. The van der Waals surface area contributed by atoms with Gasteiger partial charge in [0.05, 0.1) is 16.3 Å². The Labute approximate surface area is 125 Å². The zero-order valence-electron chi connectivity index (χ0n) is 11.0. The fourth-order valence-electron chi connectivity index (χ4n) is 1.78. The molecule has 0 fully saturated rings. The molecular weight excluding hydrogens is 297 g/mol. The van der Waals surface area contributed by atoms with Crippen LogP contribution in [0.5, 0.6) is 0 Å². The fourth-order valence-corrected chi connectivity index (χ4v) is 1.96. The second-order valence-corrected chi connectivity index (χ2v) is 4.84. The Morgan fingerprint density at radius 2 is 1.90 bits per heavy atom. The Kier molecular flexibility index (Phi) is 4.23. The van der Waals surface area contributed by atoms with E-state index in [-0.39, 0.29) is 21.8 Å². The molecule has 0 bridgehead atoms. The van der Waals surface area contributed by atoms with Gasteiger partial charge in [-0.05, 0) is 37.3 Å². The summed E-state index contributed by atoms with van der Waals surface area (Å²) in [5.41, 5.74) is 1.05. The van der Waals surface area contributed by atoms with Gasteiger partial charge in [-0.3, -0.25) is 4.79 Å². The largest absolute Gasteiger partial charge is 0.478 e. The van der Waals surface area contributed by atoms with E-state index in [2.05, 4.69) is 5.32 Å². The van der Waals surface area contributed by atoms with Crippen LogP contribution in [0.25, 0.3) is 0 Å². The molecule has 6 heteroatoms. The van der Waals surface area contributed by atoms with E-state index in [9.17, 15) is 14.0 Å². The van der Waals surface area contributed by atoms with Crippen LogP contribution in [0, 0.1) is 12.7 Å². The van der Waals surface area contributed by atoms with Crippen LogP contribution < -0.4 is 5.32 Å². The first-order valence-electron chi connectivity index (χ1n) is 5.99. The molecular formula is C15H11ClFNO3. The lowest BCUT2D eigenvalue weighted by molar-refractivity contribution is 0.0698. The maximum Gasteiger partial charge on any atom is 0.337 e. The van der Waals surface area contributed by atoms with Crippen molar-refractivity contribution in [2.24, 2.45) is 0 Å². The van der Waals surface area contributed by atoms with Gasteiger partial charge in [-0.2, -0.15) is 0 Å². The third-order valence-corrected chi connectivity index (χ3v) is 3.13. The Hall–Kier alpha value is -2.40. The molecule has 0 atom stereocenters. The normalized spacial score (nSPS) is 10.2. The number of nitrogens with one attached hydrogen (secondary N) is 1. The smallest absolute Gasteiger partial charge is 0.337 e. The van der Waals surface area contributed by atoms with Gasteiger partial charge in [0, 0.05) is 5.56 Å². The van der Waals surface area contributed by atoms with E-state index in [0.29, 0.717) is 0 Å². The summed E-state index contributed by atoms with van der Waals surface area (Å²) in [7, 11) is 0. The summed E-state index contributed by atoms with van der Waals surface area (Å²) in [6, 6.07) is 8.16. The molecule has 2 rings (SSSR count). The SMILES string of the molecule is Cc1ccc(NC(=O)c2ccc(F)c(Cl)c2)c(C(=O)O)c1. The van der Waals surface area contributed by atoms with Crippen LogP contribution in [-0.2, 0) is 0 Å². The van der Waals surface area contributed by atoms with Gasteiger partial charge in [0.15, 0.2) is 0 Å². The van der Waals surface area contributed by atoms with Gasteiger partial charge in [-0.15, -0.1) is 0 Å². The first-order valence-corrected chi connectivity index (χ1v) is 6.36. The number of hydrogen-bond acceptors (Lipinski definition) is 2. The number of carboxylic acid groups (broad SMARTS) is 1. The monoisotopic (exact) mass is 307 g/mol. The molecule has 0 unspecified atom stereocenters. The standard InChI is InChI=1S/C15H11ClFNO3/c1-8-2-5-13(10(6-8)15(20)21)18-14(19)9-3-4-12(17)11(16)7-9/h2-7H,1H3,(H,18,19)(H,20,21). The average molecular weight is 308 g/mol. The molecule has 2 aromatic carbocycles. The highest BCUT2D eigenvalue weighted by Crippen LogP contribution is 2.20. The zero-order valence-corrected chi connectivity index (χ0v) is 11.7. The van der Waals surface area contributed by atoms with Crippen LogP contribution in [0.2, 0.25) is 5.02 Å². The fraction of sp³-hybridized carbons (Fsp3) is 0.0667. The van der Waals surface area contributed by atoms with Crippen LogP contribution in [0.15, 0.2) is 36.4 Å². The number of aryl methyl sites for hydroxylation is 1. The van der Waals surface area contributed by atoms with Crippen molar-refractivity contribution >= 4 is 29.2 Å². The molecule has 2 aromatic rings. The van der Waals surface area contributed by atoms with Gasteiger partial charge < -0.3 is 10.4 Å². The van der Waals surface area contributed by atoms with Crippen LogP contribution in [0.4, 0.5) is 10.1 Å². The molecule has 0 heterocycles. The number of carbonyl (C=O) groups is 2. The number of amides is 1. The predicted octanol–water partition coefficient (Wildman–Crippen LogP) is 3.74. The second kappa shape index (κ2) is 5.93. The van der Waals surface area contributed by atoms with E-state index in [1.165, 1.54) is 24.3 Å². The Bertz CT molecular complexity index is 731. The van der Waals surface area contributed by atoms with Crippen molar-refractivity contribution in [2.75, 3.05) is 5.32 Å². The summed E-state index contributed by atoms with van der Waals surface area (Å²) in [6.07, 6.45) is 0. The van der Waals surface area contributed by atoms with Crippen LogP contribution in [0.3, 0.4) is 0 Å². The Balaban J connectivity index is 2.31. The van der Waals surface area contributed by atoms with E-state index in [1.807, 2.05) is 0 Å². The lowest BCUT2D eigenvalue weighted by Crippen LogP contribution is -2.15. The molecule has 1 amide bonds. The van der Waals surface area contributed by atoms with Crippen molar-refractivity contribution in [2.45, 2.75) is 6.92 Å². The van der Waals surface area contributed by atoms with Crippen molar-refractivity contribution in [1.82, 2.24) is 0 Å². The van der Waals surface area contributed by atoms with E-state index in [4.69, 9.17) is 16.7 Å².